The number of likely N-dealkylation sites (tertiary alicyclic amines) is 1. The second-order valence-electron chi connectivity index (χ2n) is 15.0. The van der Waals surface area contributed by atoms with Gasteiger partial charge in [0.05, 0.1) is 12.0 Å². The van der Waals surface area contributed by atoms with Crippen molar-refractivity contribution in [3.05, 3.63) is 69.9 Å². The smallest absolute Gasteiger partial charge is 0.452 e. The molecule has 1 aliphatic carbocycles. The molecule has 0 radical (unpaired) electrons. The van der Waals surface area contributed by atoms with Crippen LogP contribution < -0.4 is 9.47 Å². The molecule has 4 aromatic heterocycles. The standard InChI is InChI=1S/C36H42F3N7O6S/c1-21-16-27-31(41-30(21)51-15-14-44-11-6-7-12-44)52-35(9-10-35)20-45(53(27,49)50)19-24-17-26(40-18-22(24)2)28(34(4,5)33(47)48)25-8-13-46-29(23(25)3)42-43-32(46)36(37,38)39/h8,13,16-18,28H,6-7,9-12,14-15,19-20H2,1-5H3,(H,47,48). The maximum atomic E-state index is 14.4. The number of nitrogens with zero attached hydrogens (tertiary/aromatic N) is 7. The summed E-state index contributed by atoms with van der Waals surface area (Å²) in [5.41, 5.74) is 0.485. The number of pyridine rings is 3. The van der Waals surface area contributed by atoms with E-state index in [9.17, 15) is 31.5 Å². The van der Waals surface area contributed by atoms with Gasteiger partial charge in [0.1, 0.15) is 17.1 Å². The van der Waals surface area contributed by atoms with Crippen LogP contribution in [0.2, 0.25) is 0 Å². The zero-order chi connectivity index (χ0) is 38.1. The van der Waals surface area contributed by atoms with Crippen LogP contribution in [0.4, 0.5) is 13.2 Å². The summed E-state index contributed by atoms with van der Waals surface area (Å²) in [4.78, 5) is 24.2. The minimum atomic E-state index is -4.75. The monoisotopic (exact) mass is 757 g/mol. The third kappa shape index (κ3) is 6.82. The van der Waals surface area contributed by atoms with Gasteiger partial charge in [0.2, 0.25) is 27.6 Å². The normalized spacial score (nSPS) is 19.2. The van der Waals surface area contributed by atoms with E-state index >= 15 is 0 Å². The molecule has 17 heteroatoms. The highest BCUT2D eigenvalue weighted by Crippen LogP contribution is 2.48. The fraction of sp³-hybridized carbons (Fsp3) is 0.528. The number of carboxylic acid groups (broad SMARTS) is 1. The Morgan fingerprint density at radius 3 is 2.47 bits per heavy atom. The van der Waals surface area contributed by atoms with Gasteiger partial charge >= 0.3 is 12.1 Å². The largest absolute Gasteiger partial charge is 0.481 e. The van der Waals surface area contributed by atoms with Crippen molar-refractivity contribution in [2.45, 2.75) is 89.4 Å². The van der Waals surface area contributed by atoms with Crippen LogP contribution in [0.15, 0.2) is 35.5 Å². The molecule has 0 amide bonds. The van der Waals surface area contributed by atoms with Crippen LogP contribution in [0.3, 0.4) is 0 Å². The number of carbonyl (C=O) groups is 1. The molecule has 0 aromatic carbocycles. The first-order chi connectivity index (χ1) is 24.9. The lowest BCUT2D eigenvalue weighted by molar-refractivity contribution is -0.147. The zero-order valence-electron chi connectivity index (χ0n) is 30.2. The van der Waals surface area contributed by atoms with Crippen LogP contribution in [-0.2, 0) is 27.5 Å². The Bertz CT molecular complexity index is 2200. The first-order valence-corrected chi connectivity index (χ1v) is 19.0. The van der Waals surface area contributed by atoms with Gasteiger partial charge in [-0.2, -0.15) is 22.5 Å². The van der Waals surface area contributed by atoms with Gasteiger partial charge < -0.3 is 14.6 Å². The van der Waals surface area contributed by atoms with Gasteiger partial charge in [-0.05, 0) is 114 Å². The van der Waals surface area contributed by atoms with Gasteiger partial charge in [0.25, 0.3) is 0 Å². The number of halogens is 3. The summed E-state index contributed by atoms with van der Waals surface area (Å²) in [5.74, 6) is -2.99. The number of alkyl halides is 3. The SMILES string of the molecule is Cc1cnc(C(c2ccn3c(C(F)(F)F)nnc3c2C)C(C)(C)C(=O)O)cc1CN1CC2(CC2)Oc2nc(OCCN3CCCC3)c(C)cc2S1(=O)=O. The number of hydrogen-bond acceptors (Lipinski definition) is 10. The molecule has 1 atom stereocenters. The number of hydrogen-bond donors (Lipinski definition) is 1. The number of aliphatic carboxylic acids is 1. The second-order valence-corrected chi connectivity index (χ2v) is 16.9. The van der Waals surface area contributed by atoms with Crippen molar-refractivity contribution in [1.82, 2.24) is 33.8 Å². The van der Waals surface area contributed by atoms with Crippen molar-refractivity contribution >= 4 is 21.6 Å². The van der Waals surface area contributed by atoms with Gasteiger partial charge in [-0.25, -0.2) is 8.42 Å². The molecule has 284 valence electrons. The van der Waals surface area contributed by atoms with Gasteiger partial charge in [0.15, 0.2) is 5.65 Å². The zero-order valence-corrected chi connectivity index (χ0v) is 31.0. The first-order valence-electron chi connectivity index (χ1n) is 17.6. The van der Waals surface area contributed by atoms with Gasteiger partial charge in [-0.1, -0.05) is 0 Å². The third-order valence-corrected chi connectivity index (χ3v) is 12.5. The van der Waals surface area contributed by atoms with E-state index < -0.39 is 44.9 Å². The fourth-order valence-electron chi connectivity index (χ4n) is 7.31. The highest BCUT2D eigenvalue weighted by Gasteiger charge is 2.53. The Balaban J connectivity index is 1.24. The van der Waals surface area contributed by atoms with Crippen molar-refractivity contribution in [2.24, 2.45) is 5.41 Å². The number of aromatic nitrogens is 5. The molecule has 1 spiro atoms. The molecule has 7 rings (SSSR count). The lowest BCUT2D eigenvalue weighted by Gasteiger charge is -2.32. The van der Waals surface area contributed by atoms with E-state index in [2.05, 4.69) is 25.1 Å². The number of ether oxygens (including phenoxy) is 2. The van der Waals surface area contributed by atoms with Crippen LogP contribution in [0.5, 0.6) is 11.8 Å². The molecule has 53 heavy (non-hydrogen) atoms. The van der Waals surface area contributed by atoms with Crippen LogP contribution in [0, 0.1) is 26.2 Å². The minimum absolute atomic E-state index is 0.00946. The fourth-order valence-corrected chi connectivity index (χ4v) is 8.93. The van der Waals surface area contributed by atoms with E-state index in [1.54, 1.807) is 39.1 Å². The molecule has 1 saturated carbocycles. The summed E-state index contributed by atoms with van der Waals surface area (Å²) >= 11 is 0. The lowest BCUT2D eigenvalue weighted by Crippen LogP contribution is -2.38. The number of fused-ring (bicyclic) bond motifs is 2. The molecular weight excluding hydrogens is 716 g/mol. The van der Waals surface area contributed by atoms with Crippen molar-refractivity contribution in [3.8, 4) is 11.8 Å². The van der Waals surface area contributed by atoms with E-state index in [4.69, 9.17) is 9.47 Å². The summed E-state index contributed by atoms with van der Waals surface area (Å²) in [6, 6.07) is 4.66. The Labute approximate surface area is 305 Å². The van der Waals surface area contributed by atoms with E-state index in [1.165, 1.54) is 30.4 Å². The van der Waals surface area contributed by atoms with E-state index in [0.717, 1.165) is 36.9 Å². The topological polar surface area (TPSA) is 152 Å². The Morgan fingerprint density at radius 2 is 1.81 bits per heavy atom. The molecule has 1 unspecified atom stereocenters. The maximum absolute atomic E-state index is 14.4. The number of carboxylic acids is 1. The molecule has 4 aromatic rings. The first kappa shape index (κ1) is 37.0. The Hall–Kier alpha value is -4.35. The Morgan fingerprint density at radius 1 is 1.09 bits per heavy atom. The van der Waals surface area contributed by atoms with Gasteiger partial charge in [0, 0.05) is 42.7 Å². The molecule has 2 fully saturated rings. The highest BCUT2D eigenvalue weighted by atomic mass is 32.2. The maximum Gasteiger partial charge on any atom is 0.452 e. The average molecular weight is 758 g/mol. The van der Waals surface area contributed by atoms with Crippen LogP contribution in [0.1, 0.15) is 84.8 Å². The molecule has 0 bridgehead atoms. The predicted molar refractivity (Wildman–Crippen MR) is 185 cm³/mol. The molecule has 1 saturated heterocycles. The lowest BCUT2D eigenvalue weighted by atomic mass is 9.71. The molecular formula is C36H42F3N7O6S. The summed E-state index contributed by atoms with van der Waals surface area (Å²) < 4.78 is 84.3. The van der Waals surface area contributed by atoms with Crippen molar-refractivity contribution in [2.75, 3.05) is 32.8 Å². The van der Waals surface area contributed by atoms with E-state index in [-0.39, 0.29) is 29.5 Å². The summed E-state index contributed by atoms with van der Waals surface area (Å²) in [7, 11) is -4.15. The highest BCUT2D eigenvalue weighted by molar-refractivity contribution is 7.89. The summed E-state index contributed by atoms with van der Waals surface area (Å²) in [6.07, 6.45) is 1.58. The Kier molecular flexibility index (Phi) is 9.21. The van der Waals surface area contributed by atoms with Crippen molar-refractivity contribution < 1.29 is 41.0 Å². The van der Waals surface area contributed by atoms with Gasteiger partial charge in [-0.15, -0.1) is 10.2 Å². The molecule has 2 aliphatic heterocycles. The molecule has 1 N–H and O–H groups in total. The van der Waals surface area contributed by atoms with Crippen molar-refractivity contribution in [3.63, 3.8) is 0 Å². The number of rotatable bonds is 10. The number of aryl methyl sites for hydroxylation is 3. The minimum Gasteiger partial charge on any atom is -0.481 e. The van der Waals surface area contributed by atoms with Gasteiger partial charge in [-0.3, -0.25) is 19.1 Å². The quantitative estimate of drug-likeness (QED) is 0.225. The molecule has 6 heterocycles. The third-order valence-electron chi connectivity index (χ3n) is 10.7. The van der Waals surface area contributed by atoms with Crippen molar-refractivity contribution in [1.29, 1.82) is 0 Å². The second kappa shape index (κ2) is 13.2. The van der Waals surface area contributed by atoms with Crippen LogP contribution in [0.25, 0.3) is 5.65 Å². The van der Waals surface area contributed by atoms with E-state index in [1.807, 2.05) is 0 Å². The number of sulfonamides is 1. The molecule has 3 aliphatic rings. The van der Waals surface area contributed by atoms with Crippen LogP contribution >= 0.6 is 0 Å². The summed E-state index contributed by atoms with van der Waals surface area (Å²) in [6.45, 7) is 11.4. The summed E-state index contributed by atoms with van der Waals surface area (Å²) in [5, 5.41) is 17.5. The predicted octanol–water partition coefficient (Wildman–Crippen LogP) is 5.30. The molecule has 13 nitrogen and oxygen atoms in total. The van der Waals surface area contributed by atoms with Crippen LogP contribution in [-0.4, -0.2) is 91.7 Å². The van der Waals surface area contributed by atoms with E-state index in [0.29, 0.717) is 58.8 Å². The average Bonchev–Trinajstić information content (AvgIpc) is 3.43.